The van der Waals surface area contributed by atoms with Gasteiger partial charge in [0.15, 0.2) is 0 Å². The van der Waals surface area contributed by atoms with Crippen LogP contribution in [0.25, 0.3) is 98.5 Å². The van der Waals surface area contributed by atoms with E-state index in [4.69, 9.17) is 9.97 Å². The second-order valence-electron chi connectivity index (χ2n) is 12.5. The highest BCUT2D eigenvalue weighted by atomic mass is 14.7. The fourth-order valence-corrected chi connectivity index (χ4v) is 7.74. The van der Waals surface area contributed by atoms with Crippen LogP contribution in [0.5, 0.6) is 0 Å². The van der Waals surface area contributed by atoms with Crippen LogP contribution in [0, 0.1) is 0 Å². The molecule has 2 aromatic heterocycles. The van der Waals surface area contributed by atoms with E-state index in [2.05, 4.69) is 170 Å². The average molecular weight is 609 g/mol. The Kier molecular flexibility index (Phi) is 5.91. The maximum atomic E-state index is 5.19. The van der Waals surface area contributed by atoms with Gasteiger partial charge in [0.05, 0.1) is 22.4 Å². The van der Waals surface area contributed by atoms with E-state index in [1.54, 1.807) is 0 Å². The lowest BCUT2D eigenvalue weighted by molar-refractivity contribution is 1.42. The van der Waals surface area contributed by atoms with E-state index in [0.29, 0.717) is 0 Å². The van der Waals surface area contributed by atoms with Gasteiger partial charge in [-0.3, -0.25) is 0 Å². The monoisotopic (exact) mass is 608 g/mol. The molecule has 2 heterocycles. The summed E-state index contributed by atoms with van der Waals surface area (Å²) in [5.41, 5.74) is 8.78. The molecule has 0 amide bonds. The van der Waals surface area contributed by atoms with Crippen LogP contribution < -0.4 is 0 Å². The van der Waals surface area contributed by atoms with E-state index in [1.807, 2.05) is 0 Å². The summed E-state index contributed by atoms with van der Waals surface area (Å²) in [5, 5.41) is 12.0. The third-order valence-corrected chi connectivity index (χ3v) is 9.82. The van der Waals surface area contributed by atoms with E-state index in [0.717, 1.165) is 38.8 Å². The number of rotatable bonds is 3. The summed E-state index contributed by atoms with van der Waals surface area (Å²) in [5.74, 6) is 0. The number of benzene rings is 8. The van der Waals surface area contributed by atoms with Crippen molar-refractivity contribution in [3.63, 3.8) is 0 Å². The first-order chi connectivity index (χ1) is 23.8. The second-order valence-corrected chi connectivity index (χ2v) is 12.5. The summed E-state index contributed by atoms with van der Waals surface area (Å²) in [6.45, 7) is 0. The van der Waals surface area contributed by atoms with Crippen LogP contribution >= 0.6 is 0 Å². The zero-order valence-electron chi connectivity index (χ0n) is 26.1. The predicted octanol–water partition coefficient (Wildman–Crippen LogP) is 12.4. The van der Waals surface area contributed by atoms with Crippen LogP contribution in [0.15, 0.2) is 170 Å². The zero-order chi connectivity index (χ0) is 31.6. The fraction of sp³-hybridized carbons (Fsp3) is 0. The van der Waals surface area contributed by atoms with Gasteiger partial charge in [-0.15, -0.1) is 0 Å². The number of aromatic nitrogens is 2. The van der Waals surface area contributed by atoms with Gasteiger partial charge in [0.2, 0.25) is 0 Å². The summed E-state index contributed by atoms with van der Waals surface area (Å²) in [6.07, 6.45) is 0. The molecule has 0 aliphatic carbocycles. The smallest absolute Gasteiger partial charge is 0.0788 e. The molecule has 0 saturated heterocycles. The van der Waals surface area contributed by atoms with Gasteiger partial charge in [0.1, 0.15) is 0 Å². The molecule has 0 spiro atoms. The Hall–Kier alpha value is -6.38. The lowest BCUT2D eigenvalue weighted by Crippen LogP contribution is -1.94. The molecular formula is C46H28N2. The minimum atomic E-state index is 0.990. The Balaban J connectivity index is 1.32. The molecule has 10 aromatic rings. The largest absolute Gasteiger partial charge is 0.248 e. The zero-order valence-corrected chi connectivity index (χ0v) is 26.1. The molecule has 0 unspecified atom stereocenters. The first kappa shape index (κ1) is 26.8. The Labute approximate surface area is 277 Å². The topological polar surface area (TPSA) is 25.8 Å². The maximum Gasteiger partial charge on any atom is 0.0788 e. The van der Waals surface area contributed by atoms with Gasteiger partial charge in [-0.25, -0.2) is 9.97 Å². The van der Waals surface area contributed by atoms with Gasteiger partial charge in [0.25, 0.3) is 0 Å². The van der Waals surface area contributed by atoms with Crippen LogP contribution in [0.1, 0.15) is 0 Å². The highest BCUT2D eigenvalue weighted by Gasteiger charge is 2.20. The van der Waals surface area contributed by atoms with Gasteiger partial charge >= 0.3 is 0 Å². The fourth-order valence-electron chi connectivity index (χ4n) is 7.74. The van der Waals surface area contributed by atoms with Crippen molar-refractivity contribution in [2.24, 2.45) is 0 Å². The van der Waals surface area contributed by atoms with Gasteiger partial charge in [-0.05, 0) is 61.6 Å². The van der Waals surface area contributed by atoms with Crippen LogP contribution in [0.3, 0.4) is 0 Å². The molecule has 0 aliphatic heterocycles. The first-order valence-corrected chi connectivity index (χ1v) is 16.4. The number of fused-ring (bicyclic) bond motifs is 8. The Morgan fingerprint density at radius 2 is 0.896 bits per heavy atom. The lowest BCUT2D eigenvalue weighted by Gasteiger charge is -2.19. The molecule has 0 radical (unpaired) electrons. The Bertz CT molecular complexity index is 2830. The molecule has 222 valence electrons. The Morgan fingerprint density at radius 3 is 1.65 bits per heavy atom. The molecular weight excluding hydrogens is 581 g/mol. The van der Waals surface area contributed by atoms with Crippen molar-refractivity contribution < 1.29 is 0 Å². The average Bonchev–Trinajstić information content (AvgIpc) is 3.16. The molecule has 8 aromatic carbocycles. The minimum absolute atomic E-state index is 0.990. The number of para-hydroxylation sites is 2. The third-order valence-electron chi connectivity index (χ3n) is 9.82. The molecule has 0 aliphatic rings. The third kappa shape index (κ3) is 4.00. The summed E-state index contributed by atoms with van der Waals surface area (Å²) in [6, 6.07) is 60.8. The molecule has 0 bridgehead atoms. The minimum Gasteiger partial charge on any atom is -0.248 e. The van der Waals surface area contributed by atoms with Crippen LogP contribution in [0.2, 0.25) is 0 Å². The van der Waals surface area contributed by atoms with Crippen molar-refractivity contribution in [1.29, 1.82) is 0 Å². The maximum absolute atomic E-state index is 5.19. The highest BCUT2D eigenvalue weighted by molar-refractivity contribution is 6.28. The molecule has 48 heavy (non-hydrogen) atoms. The van der Waals surface area contributed by atoms with Gasteiger partial charge in [-0.2, -0.15) is 0 Å². The quantitative estimate of drug-likeness (QED) is 0.147. The van der Waals surface area contributed by atoms with Crippen molar-refractivity contribution in [3.8, 4) is 33.6 Å². The summed E-state index contributed by atoms with van der Waals surface area (Å²) in [7, 11) is 0. The lowest BCUT2D eigenvalue weighted by atomic mass is 9.85. The normalized spacial score (nSPS) is 11.8. The molecule has 2 heteroatoms. The van der Waals surface area contributed by atoms with Crippen molar-refractivity contribution in [2.45, 2.75) is 0 Å². The van der Waals surface area contributed by atoms with Crippen LogP contribution in [-0.2, 0) is 0 Å². The summed E-state index contributed by atoms with van der Waals surface area (Å²) in [4.78, 5) is 10.4. The van der Waals surface area contributed by atoms with E-state index >= 15 is 0 Å². The van der Waals surface area contributed by atoms with E-state index in [9.17, 15) is 0 Å². The summed E-state index contributed by atoms with van der Waals surface area (Å²) >= 11 is 0. The molecule has 10 rings (SSSR count). The van der Waals surface area contributed by atoms with E-state index in [1.165, 1.54) is 59.8 Å². The second kappa shape index (κ2) is 10.6. The molecule has 0 saturated carbocycles. The number of hydrogen-bond donors (Lipinski definition) is 0. The molecule has 2 nitrogen and oxygen atoms in total. The predicted molar refractivity (Wildman–Crippen MR) is 203 cm³/mol. The SMILES string of the molecule is c1ccc(-c2nc3ccccc3c3c2ccc2c(-c4c5ccccc5c(-c5ccc6ccccc6n5)c5ccccc45)cccc23)cc1. The molecule has 0 atom stereocenters. The van der Waals surface area contributed by atoms with Gasteiger partial charge < -0.3 is 0 Å². The van der Waals surface area contributed by atoms with E-state index in [-0.39, 0.29) is 0 Å². The van der Waals surface area contributed by atoms with E-state index < -0.39 is 0 Å². The summed E-state index contributed by atoms with van der Waals surface area (Å²) < 4.78 is 0. The van der Waals surface area contributed by atoms with Crippen LogP contribution in [0.4, 0.5) is 0 Å². The number of nitrogens with zero attached hydrogens (tertiary/aromatic N) is 2. The van der Waals surface area contributed by atoms with Crippen molar-refractivity contribution in [3.05, 3.63) is 170 Å². The number of pyridine rings is 2. The molecule has 0 fully saturated rings. The highest BCUT2D eigenvalue weighted by Crippen LogP contribution is 2.46. The standard InChI is InChI=1S/C46H28N2/c1-2-14-30(15-3-1)46-39-27-26-31-32(21-12-22-33(31)44(39)38-20-9-11-24-41(38)48-46)43-34-16-5-7-18-36(34)45(37-19-8-6-17-35(37)43)42-28-25-29-13-4-10-23-40(29)47-42/h1-28H. The van der Waals surface area contributed by atoms with Gasteiger partial charge in [0, 0.05) is 32.7 Å². The van der Waals surface area contributed by atoms with Crippen molar-refractivity contribution in [1.82, 2.24) is 9.97 Å². The molecule has 0 N–H and O–H groups in total. The number of hydrogen-bond acceptors (Lipinski definition) is 2. The first-order valence-electron chi connectivity index (χ1n) is 16.4. The van der Waals surface area contributed by atoms with Crippen LogP contribution in [-0.4, -0.2) is 9.97 Å². The van der Waals surface area contributed by atoms with Gasteiger partial charge in [-0.1, -0.05) is 152 Å². The van der Waals surface area contributed by atoms with Crippen molar-refractivity contribution in [2.75, 3.05) is 0 Å². The Morgan fingerprint density at radius 1 is 0.312 bits per heavy atom. The van der Waals surface area contributed by atoms with Crippen molar-refractivity contribution >= 4 is 64.9 Å².